The van der Waals surface area contributed by atoms with Crippen molar-refractivity contribution in [2.24, 2.45) is 0 Å². The van der Waals surface area contributed by atoms with E-state index in [0.29, 0.717) is 38.4 Å². The molecule has 1 aliphatic rings. The monoisotopic (exact) mass is 502 g/mol. The lowest BCUT2D eigenvalue weighted by atomic mass is 10.2. The van der Waals surface area contributed by atoms with Gasteiger partial charge in [-0.15, -0.1) is 0 Å². The Labute approximate surface area is 207 Å². The molecule has 0 aliphatic carbocycles. The number of rotatable bonds is 8. The van der Waals surface area contributed by atoms with E-state index in [1.54, 1.807) is 6.07 Å². The largest absolute Gasteiger partial charge is 0.396 e. The van der Waals surface area contributed by atoms with Crippen LogP contribution in [0.25, 0.3) is 0 Å². The molecule has 0 saturated carbocycles. The van der Waals surface area contributed by atoms with Gasteiger partial charge in [0.1, 0.15) is 10.7 Å². The van der Waals surface area contributed by atoms with Crippen LogP contribution in [0.5, 0.6) is 0 Å². The normalized spacial score (nSPS) is 14.3. The van der Waals surface area contributed by atoms with Crippen LogP contribution in [0.15, 0.2) is 24.4 Å². The van der Waals surface area contributed by atoms with Crippen LogP contribution in [-0.4, -0.2) is 75.2 Å². The van der Waals surface area contributed by atoms with Crippen molar-refractivity contribution in [3.63, 3.8) is 0 Å². The van der Waals surface area contributed by atoms with Gasteiger partial charge < -0.3 is 15.3 Å². The van der Waals surface area contributed by atoms with E-state index in [4.69, 9.17) is 16.7 Å². The Morgan fingerprint density at radius 1 is 1.18 bits per heavy atom. The molecule has 2 aromatic heterocycles. The first-order chi connectivity index (χ1) is 16.4. The molecule has 1 saturated heterocycles. The maximum absolute atomic E-state index is 12.7. The van der Waals surface area contributed by atoms with Crippen molar-refractivity contribution in [3.8, 4) is 0 Å². The van der Waals surface area contributed by atoms with E-state index in [1.165, 1.54) is 17.5 Å². The number of nitrogens with zero attached hydrogens (tertiary/aromatic N) is 6. The first kappa shape index (κ1) is 24.3. The zero-order chi connectivity index (χ0) is 24.1. The van der Waals surface area contributed by atoms with Crippen molar-refractivity contribution in [2.45, 2.75) is 20.3 Å². The molecule has 0 unspecified atom stereocenters. The van der Waals surface area contributed by atoms with E-state index >= 15 is 0 Å². The molecule has 180 valence electrons. The van der Waals surface area contributed by atoms with Crippen molar-refractivity contribution in [3.05, 3.63) is 45.7 Å². The number of aryl methyl sites for hydroxylation is 2. The van der Waals surface area contributed by atoms with E-state index in [-0.39, 0.29) is 12.5 Å². The first-order valence-corrected chi connectivity index (χ1v) is 12.2. The summed E-state index contributed by atoms with van der Waals surface area (Å²) in [6, 6.07) is 5.46. The number of aromatic nitrogens is 4. The zero-order valence-electron chi connectivity index (χ0n) is 19.1. The van der Waals surface area contributed by atoms with Gasteiger partial charge in [-0.1, -0.05) is 35.1 Å². The molecule has 3 aromatic rings. The van der Waals surface area contributed by atoms with Crippen molar-refractivity contribution < 1.29 is 9.90 Å². The fourth-order valence-corrected chi connectivity index (χ4v) is 4.60. The molecule has 1 amide bonds. The second-order valence-electron chi connectivity index (χ2n) is 7.95. The number of aliphatic hydroxyl groups is 1. The first-order valence-electron chi connectivity index (χ1n) is 11.0. The number of hydrogen-bond acceptors (Lipinski definition) is 10. The maximum atomic E-state index is 12.7. The summed E-state index contributed by atoms with van der Waals surface area (Å²) >= 11 is 7.42. The van der Waals surface area contributed by atoms with Crippen LogP contribution in [0, 0.1) is 13.8 Å². The molecule has 3 heterocycles. The average molecular weight is 503 g/mol. The SMILES string of the molecule is Cc1nc(Nc2ncc(C(=O)Nc3c(C)cccc3Cl)s2)nc(N2CCN(CCCO)CC2)n1. The molecule has 1 aliphatic heterocycles. The Morgan fingerprint density at radius 3 is 2.71 bits per heavy atom. The number of amides is 1. The standard InChI is InChI=1S/C22H27ClN8O2S/c1-14-5-3-6-16(23)18(14)27-19(33)17-13-24-22(34-17)29-20-25-15(2)26-21(28-20)31-10-8-30(9-11-31)7-4-12-32/h3,5-6,13,32H,4,7-12H2,1-2H3,(H,27,33)(H,24,25,26,28,29). The summed E-state index contributed by atoms with van der Waals surface area (Å²) in [6.07, 6.45) is 2.29. The lowest BCUT2D eigenvalue weighted by Gasteiger charge is -2.34. The van der Waals surface area contributed by atoms with Crippen LogP contribution in [0.2, 0.25) is 5.02 Å². The zero-order valence-corrected chi connectivity index (χ0v) is 20.7. The van der Waals surface area contributed by atoms with Gasteiger partial charge in [-0.25, -0.2) is 4.98 Å². The highest BCUT2D eigenvalue weighted by molar-refractivity contribution is 7.17. The number of aliphatic hydroxyl groups excluding tert-OH is 1. The molecule has 1 aromatic carbocycles. The molecule has 12 heteroatoms. The highest BCUT2D eigenvalue weighted by atomic mass is 35.5. The number of carbonyl (C=O) groups excluding carboxylic acids is 1. The third-order valence-corrected chi connectivity index (χ3v) is 6.66. The Morgan fingerprint density at radius 2 is 1.97 bits per heavy atom. The molecule has 0 spiro atoms. The van der Waals surface area contributed by atoms with Crippen LogP contribution < -0.4 is 15.5 Å². The number of thiazole rings is 1. The third kappa shape index (κ3) is 5.98. The summed E-state index contributed by atoms with van der Waals surface area (Å²) in [4.78, 5) is 35.3. The van der Waals surface area contributed by atoms with E-state index in [9.17, 15) is 4.79 Å². The smallest absolute Gasteiger partial charge is 0.267 e. The molecular formula is C22H27ClN8O2S. The fraction of sp³-hybridized carbons (Fsp3) is 0.409. The Bertz CT molecular complexity index is 1130. The summed E-state index contributed by atoms with van der Waals surface area (Å²) in [5.74, 6) is 1.31. The number of anilines is 4. The molecule has 0 atom stereocenters. The number of halogens is 1. The summed E-state index contributed by atoms with van der Waals surface area (Å²) in [7, 11) is 0. The molecule has 10 nitrogen and oxygen atoms in total. The minimum atomic E-state index is -0.284. The number of piperazine rings is 1. The van der Waals surface area contributed by atoms with Gasteiger partial charge in [-0.2, -0.15) is 15.0 Å². The maximum Gasteiger partial charge on any atom is 0.267 e. The van der Waals surface area contributed by atoms with Crippen LogP contribution in [0.1, 0.15) is 27.5 Å². The Balaban J connectivity index is 1.41. The summed E-state index contributed by atoms with van der Waals surface area (Å²) in [5.41, 5.74) is 1.47. The Kier molecular flexibility index (Phi) is 7.88. The lowest BCUT2D eigenvalue weighted by Crippen LogP contribution is -2.47. The minimum Gasteiger partial charge on any atom is -0.396 e. The van der Waals surface area contributed by atoms with Crippen LogP contribution in [0.4, 0.5) is 22.7 Å². The van der Waals surface area contributed by atoms with E-state index in [2.05, 4.69) is 40.4 Å². The van der Waals surface area contributed by atoms with E-state index < -0.39 is 0 Å². The number of benzene rings is 1. The summed E-state index contributed by atoms with van der Waals surface area (Å²) in [6.45, 7) is 8.20. The van der Waals surface area contributed by atoms with Gasteiger partial charge in [0.05, 0.1) is 16.9 Å². The molecular weight excluding hydrogens is 476 g/mol. The molecule has 3 N–H and O–H groups in total. The minimum absolute atomic E-state index is 0.210. The lowest BCUT2D eigenvalue weighted by molar-refractivity contribution is 0.103. The van der Waals surface area contributed by atoms with Crippen molar-refractivity contribution in [1.82, 2.24) is 24.8 Å². The summed E-state index contributed by atoms with van der Waals surface area (Å²) < 4.78 is 0. The molecule has 1 fully saturated rings. The predicted octanol–water partition coefficient (Wildman–Crippen LogP) is 3.10. The number of carbonyl (C=O) groups is 1. The average Bonchev–Trinajstić information content (AvgIpc) is 3.28. The van der Waals surface area contributed by atoms with Crippen LogP contribution in [0.3, 0.4) is 0 Å². The number of para-hydroxylation sites is 1. The van der Waals surface area contributed by atoms with Crippen LogP contribution in [-0.2, 0) is 0 Å². The van der Waals surface area contributed by atoms with Gasteiger partial charge in [0.15, 0.2) is 5.13 Å². The molecule has 4 rings (SSSR count). The molecule has 0 bridgehead atoms. The van der Waals surface area contributed by atoms with E-state index in [1.807, 2.05) is 26.0 Å². The quantitative estimate of drug-likeness (QED) is 0.426. The van der Waals surface area contributed by atoms with E-state index in [0.717, 1.165) is 44.7 Å². The highest BCUT2D eigenvalue weighted by Gasteiger charge is 2.20. The molecule has 34 heavy (non-hydrogen) atoms. The number of hydrogen-bond donors (Lipinski definition) is 3. The second-order valence-corrected chi connectivity index (χ2v) is 9.39. The van der Waals surface area contributed by atoms with Gasteiger partial charge in [0, 0.05) is 39.3 Å². The van der Waals surface area contributed by atoms with Gasteiger partial charge in [0.25, 0.3) is 5.91 Å². The van der Waals surface area contributed by atoms with Crippen LogP contribution >= 0.6 is 22.9 Å². The topological polar surface area (TPSA) is 119 Å². The highest BCUT2D eigenvalue weighted by Crippen LogP contribution is 2.28. The molecule has 0 radical (unpaired) electrons. The van der Waals surface area contributed by atoms with Crippen molar-refractivity contribution in [1.29, 1.82) is 0 Å². The van der Waals surface area contributed by atoms with Crippen molar-refractivity contribution >= 4 is 51.6 Å². The van der Waals surface area contributed by atoms with Gasteiger partial charge in [-0.3, -0.25) is 15.0 Å². The summed E-state index contributed by atoms with van der Waals surface area (Å²) in [5, 5.41) is 16.0. The van der Waals surface area contributed by atoms with Crippen molar-refractivity contribution in [2.75, 3.05) is 54.9 Å². The van der Waals surface area contributed by atoms with Gasteiger partial charge in [-0.05, 0) is 31.9 Å². The number of nitrogens with one attached hydrogen (secondary N) is 2. The van der Waals surface area contributed by atoms with Gasteiger partial charge >= 0.3 is 0 Å². The van der Waals surface area contributed by atoms with Gasteiger partial charge in [0.2, 0.25) is 11.9 Å². The third-order valence-electron chi connectivity index (χ3n) is 5.43. The Hall–Kier alpha value is -2.86. The predicted molar refractivity (Wildman–Crippen MR) is 134 cm³/mol. The second kappa shape index (κ2) is 11.0. The fourth-order valence-electron chi connectivity index (χ4n) is 3.63.